The molecule has 0 spiro atoms. The first-order valence-corrected chi connectivity index (χ1v) is 14.0. The number of hydrogen-bond donors (Lipinski definition) is 1. The first-order valence-electron chi connectivity index (χ1n) is 14.0. The van der Waals surface area contributed by atoms with E-state index in [-0.39, 0.29) is 71.1 Å². The molecule has 226 valence electrons. The topological polar surface area (TPSA) is 84.3 Å². The van der Waals surface area contributed by atoms with Gasteiger partial charge in [-0.25, -0.2) is 4.39 Å². The molecule has 1 fully saturated rings. The molecule has 0 radical (unpaired) electrons. The molecule has 0 amide bonds. The van der Waals surface area contributed by atoms with Crippen LogP contribution in [0.2, 0.25) is 0 Å². The molecule has 8 nitrogen and oxygen atoms in total. The van der Waals surface area contributed by atoms with Gasteiger partial charge in [-0.15, -0.1) is 17.0 Å². The Hall–Kier alpha value is -2.85. The molecular formula is C31H43BrFN3O5. The second kappa shape index (κ2) is 13.4. The number of fused-ring (bicyclic) bond motifs is 1. The van der Waals surface area contributed by atoms with E-state index in [2.05, 4.69) is 25.7 Å². The fourth-order valence-electron chi connectivity index (χ4n) is 5.54. The van der Waals surface area contributed by atoms with E-state index in [0.29, 0.717) is 23.5 Å². The molecule has 41 heavy (non-hydrogen) atoms. The number of ketones is 1. The summed E-state index contributed by atoms with van der Waals surface area (Å²) in [7, 11) is 3.41. The van der Waals surface area contributed by atoms with Gasteiger partial charge in [0.05, 0.1) is 44.2 Å². The molecule has 2 aromatic rings. The van der Waals surface area contributed by atoms with Gasteiger partial charge in [0.25, 0.3) is 0 Å². The predicted molar refractivity (Wildman–Crippen MR) is 165 cm³/mol. The van der Waals surface area contributed by atoms with Crippen LogP contribution >= 0.6 is 17.0 Å². The number of piperidine rings is 1. The van der Waals surface area contributed by atoms with Crippen LogP contribution < -0.4 is 19.1 Å². The first kappa shape index (κ1) is 32.7. The van der Waals surface area contributed by atoms with Crippen LogP contribution in [0, 0.1) is 11.2 Å². The van der Waals surface area contributed by atoms with E-state index < -0.39 is 5.82 Å². The Morgan fingerprint density at radius 1 is 1.05 bits per heavy atom. The average molecular weight is 637 g/mol. The van der Waals surface area contributed by atoms with Crippen molar-refractivity contribution in [3.8, 4) is 17.2 Å². The third-order valence-electron chi connectivity index (χ3n) is 7.63. The number of ether oxygens (including phenoxy) is 4. The zero-order valence-electron chi connectivity index (χ0n) is 25.2. The molecule has 0 unspecified atom stereocenters. The highest BCUT2D eigenvalue weighted by molar-refractivity contribution is 8.93. The highest BCUT2D eigenvalue weighted by Crippen LogP contribution is 2.42. The van der Waals surface area contributed by atoms with Gasteiger partial charge in [0.2, 0.25) is 0 Å². The van der Waals surface area contributed by atoms with Crippen LogP contribution in [0.4, 0.5) is 10.1 Å². The summed E-state index contributed by atoms with van der Waals surface area (Å²) >= 11 is 0. The van der Waals surface area contributed by atoms with Crippen LogP contribution in [-0.4, -0.2) is 69.7 Å². The van der Waals surface area contributed by atoms with Crippen molar-refractivity contribution in [2.75, 3.05) is 52.0 Å². The molecule has 0 aliphatic carbocycles. The number of nitrogens with one attached hydrogen (secondary N) is 1. The predicted octanol–water partition coefficient (Wildman–Crippen LogP) is 6.15. The maximum atomic E-state index is 15.5. The number of benzene rings is 2. The van der Waals surface area contributed by atoms with Gasteiger partial charge in [0.15, 0.2) is 23.1 Å². The lowest BCUT2D eigenvalue weighted by Gasteiger charge is -2.35. The van der Waals surface area contributed by atoms with Gasteiger partial charge < -0.3 is 28.7 Å². The molecule has 2 heterocycles. The number of halogens is 2. The van der Waals surface area contributed by atoms with Crippen LogP contribution in [0.1, 0.15) is 74.5 Å². The maximum Gasteiger partial charge on any atom is 0.197 e. The monoisotopic (exact) mass is 635 g/mol. The van der Waals surface area contributed by atoms with Crippen LogP contribution in [-0.2, 0) is 16.7 Å². The first-order chi connectivity index (χ1) is 19.0. The van der Waals surface area contributed by atoms with E-state index in [1.54, 1.807) is 32.1 Å². The summed E-state index contributed by atoms with van der Waals surface area (Å²) in [6, 6.07) is 5.52. The number of Topliss-reactive ketones (excluding diaryl/α,β-unsaturated/α-hetero) is 1. The lowest BCUT2D eigenvalue weighted by Crippen LogP contribution is -2.37. The Kier molecular flexibility index (Phi) is 10.7. The molecule has 2 aromatic carbocycles. The zero-order valence-corrected chi connectivity index (χ0v) is 26.9. The van der Waals surface area contributed by atoms with Crippen LogP contribution in [0.3, 0.4) is 0 Å². The molecule has 0 aromatic heterocycles. The number of anilines is 1. The molecule has 1 saturated heterocycles. The quantitative estimate of drug-likeness (QED) is 0.314. The molecule has 2 aliphatic heterocycles. The summed E-state index contributed by atoms with van der Waals surface area (Å²) in [5, 5.41) is 8.73. The SMILES string of the molecule is Br.CCOc1cc2c(c(F)c1OCC)C(=N)N(CC(=O)c1cc(N3CCC(OC)CC3)c(OC)c(C(C)(C)C)c1)C2. The third-order valence-corrected chi connectivity index (χ3v) is 7.63. The highest BCUT2D eigenvalue weighted by Gasteiger charge is 2.34. The van der Waals surface area contributed by atoms with Gasteiger partial charge in [-0.3, -0.25) is 10.2 Å². The second-order valence-corrected chi connectivity index (χ2v) is 11.3. The van der Waals surface area contributed by atoms with E-state index in [0.717, 1.165) is 42.9 Å². The Balaban J connectivity index is 0.00000462. The summed E-state index contributed by atoms with van der Waals surface area (Å²) in [5.41, 5.74) is 2.87. The Morgan fingerprint density at radius 2 is 1.71 bits per heavy atom. The van der Waals surface area contributed by atoms with Crippen molar-refractivity contribution in [3.63, 3.8) is 0 Å². The fraction of sp³-hybridized carbons (Fsp3) is 0.548. The number of methoxy groups -OCH3 is 2. The van der Waals surface area contributed by atoms with Crippen molar-refractivity contribution in [1.82, 2.24) is 4.90 Å². The Labute approximate surface area is 253 Å². The van der Waals surface area contributed by atoms with Crippen LogP contribution in [0.5, 0.6) is 17.2 Å². The minimum Gasteiger partial charge on any atom is -0.494 e. The van der Waals surface area contributed by atoms with Gasteiger partial charge in [0.1, 0.15) is 11.6 Å². The van der Waals surface area contributed by atoms with Crippen molar-refractivity contribution in [3.05, 3.63) is 46.3 Å². The molecule has 1 N–H and O–H groups in total. The number of rotatable bonds is 10. The van der Waals surface area contributed by atoms with Crippen molar-refractivity contribution in [2.45, 2.75) is 65.5 Å². The summed E-state index contributed by atoms with van der Waals surface area (Å²) in [5.74, 6) is 0.297. The molecular weight excluding hydrogens is 593 g/mol. The highest BCUT2D eigenvalue weighted by atomic mass is 79.9. The fourth-order valence-corrected chi connectivity index (χ4v) is 5.54. The maximum absolute atomic E-state index is 15.5. The Morgan fingerprint density at radius 3 is 2.27 bits per heavy atom. The smallest absolute Gasteiger partial charge is 0.197 e. The molecule has 2 aliphatic rings. The van der Waals surface area contributed by atoms with Gasteiger partial charge in [-0.1, -0.05) is 20.8 Å². The van der Waals surface area contributed by atoms with Gasteiger partial charge in [-0.2, -0.15) is 0 Å². The number of amidine groups is 1. The second-order valence-electron chi connectivity index (χ2n) is 11.3. The lowest BCUT2D eigenvalue weighted by atomic mass is 9.84. The van der Waals surface area contributed by atoms with Gasteiger partial charge >= 0.3 is 0 Å². The lowest BCUT2D eigenvalue weighted by molar-refractivity contribution is 0.0818. The molecule has 0 atom stereocenters. The summed E-state index contributed by atoms with van der Waals surface area (Å²) in [4.78, 5) is 17.6. The molecule has 10 heteroatoms. The largest absolute Gasteiger partial charge is 0.494 e. The minimum atomic E-state index is -0.621. The zero-order chi connectivity index (χ0) is 29.2. The summed E-state index contributed by atoms with van der Waals surface area (Å²) < 4.78 is 38.1. The van der Waals surface area contributed by atoms with Crippen molar-refractivity contribution in [2.24, 2.45) is 0 Å². The molecule has 0 saturated carbocycles. The van der Waals surface area contributed by atoms with Crippen molar-refractivity contribution < 1.29 is 28.1 Å². The summed E-state index contributed by atoms with van der Waals surface area (Å²) in [6.07, 6.45) is 2.01. The average Bonchev–Trinajstić information content (AvgIpc) is 3.24. The normalized spacial score (nSPS) is 15.5. The number of hydrogen-bond acceptors (Lipinski definition) is 7. The standard InChI is InChI=1S/C31H42FN3O5.BrH/c1-8-39-25-16-20-17-35(30(33)26(20)27(32)29(25)40-9-2)18-24(36)19-14-22(31(3,4)5)28(38-7)23(15-19)34-12-10-21(37-6)11-13-34;/h14-16,21,33H,8-13,17-18H2,1-7H3;1H. The van der Waals surface area contributed by atoms with E-state index in [1.807, 2.05) is 19.1 Å². The van der Waals surface area contributed by atoms with Crippen LogP contribution in [0.25, 0.3) is 0 Å². The van der Waals surface area contributed by atoms with E-state index in [4.69, 9.17) is 24.4 Å². The van der Waals surface area contributed by atoms with Gasteiger partial charge in [-0.05, 0) is 55.9 Å². The molecule has 4 rings (SSSR count). The van der Waals surface area contributed by atoms with E-state index >= 15 is 4.39 Å². The minimum absolute atomic E-state index is 0. The number of nitrogens with zero attached hydrogens (tertiary/aromatic N) is 2. The van der Waals surface area contributed by atoms with E-state index in [1.165, 1.54) is 0 Å². The van der Waals surface area contributed by atoms with Crippen LogP contribution in [0.15, 0.2) is 18.2 Å². The van der Waals surface area contributed by atoms with Crippen molar-refractivity contribution in [1.29, 1.82) is 5.41 Å². The molecule has 0 bridgehead atoms. The Bertz CT molecular complexity index is 1270. The number of carbonyl (C=O) groups excluding carboxylic acids is 1. The summed E-state index contributed by atoms with van der Waals surface area (Å²) in [6.45, 7) is 12.3. The third kappa shape index (κ3) is 6.64. The van der Waals surface area contributed by atoms with E-state index in [9.17, 15) is 4.79 Å². The van der Waals surface area contributed by atoms with Gasteiger partial charge in [0, 0.05) is 37.9 Å². The number of carbonyl (C=O) groups is 1. The van der Waals surface area contributed by atoms with Crippen molar-refractivity contribution >= 4 is 34.3 Å².